The summed E-state index contributed by atoms with van der Waals surface area (Å²) in [6.07, 6.45) is 5.34. The Bertz CT molecular complexity index is 641. The molecular weight excluding hydrogens is 360 g/mol. The summed E-state index contributed by atoms with van der Waals surface area (Å²) < 4.78 is 13.4. The van der Waals surface area contributed by atoms with Crippen molar-refractivity contribution in [3.63, 3.8) is 0 Å². The van der Waals surface area contributed by atoms with Gasteiger partial charge in [-0.2, -0.15) is 5.10 Å². The van der Waals surface area contributed by atoms with Crippen molar-refractivity contribution < 1.29 is 14.2 Å². The molecule has 151 valence electrons. The van der Waals surface area contributed by atoms with E-state index in [9.17, 15) is 4.79 Å². The van der Waals surface area contributed by atoms with E-state index in [4.69, 9.17) is 9.39 Å². The van der Waals surface area contributed by atoms with Gasteiger partial charge in [-0.15, -0.1) is 9.24 Å². The van der Waals surface area contributed by atoms with Gasteiger partial charge in [-0.3, -0.25) is 4.68 Å². The van der Waals surface area contributed by atoms with E-state index in [2.05, 4.69) is 42.0 Å². The highest BCUT2D eigenvalue weighted by Gasteiger charge is 2.34. The number of nitrogens with zero attached hydrogens (tertiary/aromatic N) is 3. The monoisotopic (exact) mass is 394 g/mol. The van der Waals surface area contributed by atoms with Crippen LogP contribution in [0, 0.1) is 0 Å². The van der Waals surface area contributed by atoms with Crippen molar-refractivity contribution in [3.05, 3.63) is 12.4 Å². The van der Waals surface area contributed by atoms with Gasteiger partial charge in [-0.05, 0) is 52.9 Å². The van der Waals surface area contributed by atoms with Crippen molar-refractivity contribution >= 4 is 28.3 Å². The first-order valence-corrected chi connectivity index (χ1v) is 10.2. The zero-order chi connectivity index (χ0) is 20.5. The second-order valence-corrected chi connectivity index (χ2v) is 10.9. The average Bonchev–Trinajstić information content (AvgIpc) is 2.99. The first kappa shape index (κ1) is 22.2. The highest BCUT2D eigenvalue weighted by Crippen LogP contribution is 2.33. The fourth-order valence-electron chi connectivity index (χ4n) is 2.62. The molecule has 1 fully saturated rings. The Labute approximate surface area is 166 Å². The van der Waals surface area contributed by atoms with Gasteiger partial charge in [0, 0.05) is 30.6 Å². The predicted octanol–water partition coefficient (Wildman–Crippen LogP) is 3.15. The van der Waals surface area contributed by atoms with E-state index in [1.54, 1.807) is 12.4 Å². The molecule has 1 aliphatic heterocycles. The molecule has 1 aromatic heterocycles. The minimum absolute atomic E-state index is 0.0476. The van der Waals surface area contributed by atoms with Gasteiger partial charge in [-0.1, -0.05) is 13.8 Å². The highest BCUT2D eigenvalue weighted by molar-refractivity contribution is 7.19. The lowest BCUT2D eigenvalue weighted by Crippen LogP contribution is -2.45. The zero-order valence-corrected chi connectivity index (χ0v) is 18.9. The van der Waals surface area contributed by atoms with E-state index in [0.29, 0.717) is 13.1 Å². The van der Waals surface area contributed by atoms with Gasteiger partial charge in [0.25, 0.3) is 0 Å². The summed E-state index contributed by atoms with van der Waals surface area (Å²) >= 11 is 0. The normalized spacial score (nSPS) is 17.1. The Morgan fingerprint density at radius 2 is 1.78 bits per heavy atom. The molecule has 1 aromatic rings. The summed E-state index contributed by atoms with van der Waals surface area (Å²) in [6.45, 7) is 15.5. The summed E-state index contributed by atoms with van der Waals surface area (Å²) in [4.78, 5) is 14.0. The van der Waals surface area contributed by atoms with E-state index in [1.807, 2.05) is 37.8 Å². The van der Waals surface area contributed by atoms with Gasteiger partial charge >= 0.3 is 13.6 Å². The van der Waals surface area contributed by atoms with E-state index in [1.165, 1.54) is 0 Å². The molecule has 6 nitrogen and oxygen atoms in total. The molecule has 0 N–H and O–H groups in total. The summed E-state index contributed by atoms with van der Waals surface area (Å²) in [5.41, 5.74) is 0.185. The van der Waals surface area contributed by atoms with Crippen LogP contribution >= 0.6 is 9.24 Å². The molecular formula is C19H34BN3O3P. The number of carbonyl (C=O) groups is 1. The SMILES string of the molecule is CC(C)(C)OC(=O)N1CCC(n2cc([B]OC(C)(C)C(C)(C)P)cn2)CC1. The average molecular weight is 394 g/mol. The summed E-state index contributed by atoms with van der Waals surface area (Å²) in [6, 6.07) is 0.289. The quantitative estimate of drug-likeness (QED) is 0.569. The third-order valence-corrected chi connectivity index (χ3v) is 5.85. The highest BCUT2D eigenvalue weighted by atomic mass is 31.0. The molecule has 0 aliphatic carbocycles. The van der Waals surface area contributed by atoms with Crippen LogP contribution in [0.25, 0.3) is 0 Å². The van der Waals surface area contributed by atoms with Gasteiger partial charge in [-0.25, -0.2) is 4.79 Å². The molecule has 2 heterocycles. The molecule has 1 saturated heterocycles. The Morgan fingerprint density at radius 3 is 2.30 bits per heavy atom. The van der Waals surface area contributed by atoms with Crippen molar-refractivity contribution in [2.45, 2.75) is 83.7 Å². The molecule has 0 aromatic carbocycles. The molecule has 27 heavy (non-hydrogen) atoms. The molecule has 8 heteroatoms. The number of rotatable bonds is 5. The molecule has 1 atom stereocenters. The van der Waals surface area contributed by atoms with Gasteiger partial charge in [0.05, 0.1) is 11.6 Å². The van der Waals surface area contributed by atoms with E-state index in [0.717, 1.165) is 18.3 Å². The number of likely N-dealkylation sites (tertiary alicyclic amines) is 1. The summed E-state index contributed by atoms with van der Waals surface area (Å²) in [7, 11) is 4.62. The lowest BCUT2D eigenvalue weighted by Gasteiger charge is -2.38. The number of piperidine rings is 1. The second kappa shape index (κ2) is 8.12. The molecule has 2 rings (SSSR count). The minimum atomic E-state index is -0.458. The van der Waals surface area contributed by atoms with Gasteiger partial charge in [0.1, 0.15) is 5.60 Å². The number of carbonyl (C=O) groups excluding carboxylic acids is 1. The Kier molecular flexibility index (Phi) is 6.69. The van der Waals surface area contributed by atoms with Crippen LogP contribution in [0.5, 0.6) is 0 Å². The maximum Gasteiger partial charge on any atom is 0.410 e. The van der Waals surface area contributed by atoms with Crippen molar-refractivity contribution in [2.75, 3.05) is 13.1 Å². The standard InChI is InChI=1S/C19H34BN3O3P/c1-17(2,3)25-16(24)22-10-8-15(9-11-22)23-13-14(12-21-23)20-26-18(4,5)19(6,7)27/h12-13,15H,8-11,27H2,1-7H3. The van der Waals surface area contributed by atoms with Crippen LogP contribution in [-0.2, 0) is 9.39 Å². The lowest BCUT2D eigenvalue weighted by molar-refractivity contribution is 0.0185. The number of aromatic nitrogens is 2. The van der Waals surface area contributed by atoms with E-state index >= 15 is 0 Å². The van der Waals surface area contributed by atoms with Crippen molar-refractivity contribution in [1.82, 2.24) is 14.7 Å². The third-order valence-electron chi connectivity index (χ3n) is 5.15. The number of hydrogen-bond acceptors (Lipinski definition) is 4. The van der Waals surface area contributed by atoms with Crippen LogP contribution < -0.4 is 5.46 Å². The second-order valence-electron chi connectivity index (χ2n) is 9.42. The number of amides is 1. The first-order chi connectivity index (χ1) is 12.3. The van der Waals surface area contributed by atoms with Crippen LogP contribution in [0.3, 0.4) is 0 Å². The Balaban J connectivity index is 1.87. The van der Waals surface area contributed by atoms with Crippen LogP contribution in [0.15, 0.2) is 12.4 Å². The Hall–Kier alpha value is -1.07. The third kappa shape index (κ3) is 6.22. The van der Waals surface area contributed by atoms with Crippen molar-refractivity contribution in [2.24, 2.45) is 0 Å². The summed E-state index contributed by atoms with van der Waals surface area (Å²) in [5, 5.41) is 4.45. The van der Waals surface area contributed by atoms with Gasteiger partial charge < -0.3 is 14.3 Å². The molecule has 1 amide bonds. The number of hydrogen-bond donors (Lipinski definition) is 0. The molecule has 0 bridgehead atoms. The smallest absolute Gasteiger partial charge is 0.410 e. The first-order valence-electron chi connectivity index (χ1n) is 9.60. The van der Waals surface area contributed by atoms with E-state index in [-0.39, 0.29) is 22.9 Å². The molecule has 1 aliphatic rings. The van der Waals surface area contributed by atoms with Crippen molar-refractivity contribution in [3.8, 4) is 0 Å². The van der Waals surface area contributed by atoms with E-state index < -0.39 is 5.60 Å². The fraction of sp³-hybridized carbons (Fsp3) is 0.789. The molecule has 0 saturated carbocycles. The lowest BCUT2D eigenvalue weighted by atomic mass is 9.86. The maximum atomic E-state index is 12.2. The maximum absolute atomic E-state index is 12.2. The predicted molar refractivity (Wildman–Crippen MR) is 113 cm³/mol. The van der Waals surface area contributed by atoms with Gasteiger partial charge in [0.2, 0.25) is 0 Å². The fourth-order valence-corrected chi connectivity index (χ4v) is 2.69. The summed E-state index contributed by atoms with van der Waals surface area (Å²) in [5.74, 6) is 0. The number of ether oxygens (including phenoxy) is 1. The Morgan fingerprint density at radius 1 is 1.19 bits per heavy atom. The van der Waals surface area contributed by atoms with Crippen LogP contribution in [0.1, 0.15) is 67.3 Å². The topological polar surface area (TPSA) is 56.6 Å². The minimum Gasteiger partial charge on any atom is -0.444 e. The molecule has 0 spiro atoms. The molecule has 1 unspecified atom stereocenters. The van der Waals surface area contributed by atoms with Crippen molar-refractivity contribution in [1.29, 1.82) is 0 Å². The van der Waals surface area contributed by atoms with Crippen LogP contribution in [-0.4, -0.2) is 57.7 Å². The van der Waals surface area contributed by atoms with Gasteiger partial charge in [0.15, 0.2) is 0 Å². The molecule has 1 radical (unpaired) electrons. The van der Waals surface area contributed by atoms with Crippen LogP contribution in [0.4, 0.5) is 4.79 Å². The largest absolute Gasteiger partial charge is 0.444 e. The zero-order valence-electron chi connectivity index (χ0n) is 17.8. The van der Waals surface area contributed by atoms with Crippen LogP contribution in [0.2, 0.25) is 0 Å².